The zero-order valence-electron chi connectivity index (χ0n) is 11.9. The van der Waals surface area contributed by atoms with Crippen molar-refractivity contribution in [3.8, 4) is 0 Å². The van der Waals surface area contributed by atoms with Crippen LogP contribution in [0.5, 0.6) is 0 Å². The van der Waals surface area contributed by atoms with Gasteiger partial charge in [-0.25, -0.2) is 4.79 Å². The van der Waals surface area contributed by atoms with E-state index >= 15 is 0 Å². The van der Waals surface area contributed by atoms with Crippen LogP contribution in [0, 0.1) is 0 Å². The molecule has 0 aliphatic carbocycles. The number of ether oxygens (including phenoxy) is 2. The van der Waals surface area contributed by atoms with Crippen LogP contribution in [0.15, 0.2) is 28.7 Å². The molecule has 0 radical (unpaired) electrons. The molecule has 0 bridgehead atoms. The number of morpholine rings is 1. The molecule has 1 aromatic heterocycles. The number of hydrogen-bond acceptors (Lipinski definition) is 6. The number of benzene rings is 1. The highest BCUT2D eigenvalue weighted by Crippen LogP contribution is 2.22. The molecule has 3 rings (SSSR count). The third-order valence-corrected chi connectivity index (χ3v) is 3.48. The van der Waals surface area contributed by atoms with Crippen LogP contribution >= 0.6 is 0 Å². The summed E-state index contributed by atoms with van der Waals surface area (Å²) in [6.07, 6.45) is -0.0901. The lowest BCUT2D eigenvalue weighted by atomic mass is 10.2. The van der Waals surface area contributed by atoms with Crippen molar-refractivity contribution in [1.82, 2.24) is 4.90 Å². The van der Waals surface area contributed by atoms with Crippen LogP contribution in [0.4, 0.5) is 5.69 Å². The molecule has 0 spiro atoms. The van der Waals surface area contributed by atoms with E-state index in [0.717, 1.165) is 18.5 Å². The van der Waals surface area contributed by atoms with Crippen molar-refractivity contribution in [3.05, 3.63) is 30.0 Å². The highest BCUT2D eigenvalue weighted by Gasteiger charge is 2.21. The average Bonchev–Trinajstić information content (AvgIpc) is 2.88. The predicted octanol–water partition coefficient (Wildman–Crippen LogP) is 1.50. The van der Waals surface area contributed by atoms with Gasteiger partial charge in [-0.15, -0.1) is 0 Å². The Hall–Kier alpha value is -2.05. The Labute approximate surface area is 122 Å². The molecular weight excluding hydrogens is 272 g/mol. The molecule has 112 valence electrons. The minimum Gasteiger partial charge on any atom is -0.457 e. The summed E-state index contributed by atoms with van der Waals surface area (Å²) in [5.41, 5.74) is 6.94. The van der Waals surface area contributed by atoms with Gasteiger partial charge in [0.1, 0.15) is 18.3 Å². The average molecular weight is 290 g/mol. The van der Waals surface area contributed by atoms with Gasteiger partial charge >= 0.3 is 5.97 Å². The zero-order valence-corrected chi connectivity index (χ0v) is 11.9. The highest BCUT2D eigenvalue weighted by molar-refractivity contribution is 5.93. The standard InChI is InChI=1S/C15H18N2O4/c1-17-4-5-19-12(8-17)9-20-15(18)14-7-10-6-11(16)2-3-13(10)21-14/h2-3,6-7,12H,4-5,8-9,16H2,1H3. The number of nitrogens with zero attached hydrogens (tertiary/aromatic N) is 1. The highest BCUT2D eigenvalue weighted by atomic mass is 16.6. The lowest BCUT2D eigenvalue weighted by Gasteiger charge is -2.29. The summed E-state index contributed by atoms with van der Waals surface area (Å²) in [4.78, 5) is 14.2. The number of esters is 1. The summed E-state index contributed by atoms with van der Waals surface area (Å²) in [5.74, 6) is -0.304. The van der Waals surface area contributed by atoms with Gasteiger partial charge in [0.05, 0.1) is 6.61 Å². The summed E-state index contributed by atoms with van der Waals surface area (Å²) in [5, 5.41) is 0.788. The largest absolute Gasteiger partial charge is 0.457 e. The quantitative estimate of drug-likeness (QED) is 0.682. The number of nitrogen functional groups attached to an aromatic ring is 1. The van der Waals surface area contributed by atoms with Crippen LogP contribution in [0.2, 0.25) is 0 Å². The third-order valence-electron chi connectivity index (χ3n) is 3.48. The van der Waals surface area contributed by atoms with E-state index in [1.807, 2.05) is 7.05 Å². The minimum atomic E-state index is -0.485. The molecular formula is C15H18N2O4. The zero-order chi connectivity index (χ0) is 14.8. The van der Waals surface area contributed by atoms with Crippen molar-refractivity contribution in [2.24, 2.45) is 0 Å². The Morgan fingerprint density at radius 1 is 1.48 bits per heavy atom. The number of carbonyl (C=O) groups is 1. The topological polar surface area (TPSA) is 77.9 Å². The first-order valence-corrected chi connectivity index (χ1v) is 6.88. The van der Waals surface area contributed by atoms with Crippen molar-refractivity contribution in [2.75, 3.05) is 39.1 Å². The molecule has 0 amide bonds. The van der Waals surface area contributed by atoms with Crippen LogP contribution in [0.1, 0.15) is 10.6 Å². The third kappa shape index (κ3) is 3.17. The molecule has 0 saturated carbocycles. The van der Waals surface area contributed by atoms with Gasteiger partial charge in [-0.1, -0.05) is 0 Å². The predicted molar refractivity (Wildman–Crippen MR) is 78.1 cm³/mol. The van der Waals surface area contributed by atoms with E-state index < -0.39 is 5.97 Å². The number of carbonyl (C=O) groups excluding carboxylic acids is 1. The fraction of sp³-hybridized carbons (Fsp3) is 0.400. The van der Waals surface area contributed by atoms with Gasteiger partial charge in [0, 0.05) is 24.2 Å². The summed E-state index contributed by atoms with van der Waals surface area (Å²) in [6, 6.07) is 6.87. The van der Waals surface area contributed by atoms with E-state index in [2.05, 4.69) is 4.90 Å². The summed E-state index contributed by atoms with van der Waals surface area (Å²) in [6.45, 7) is 2.53. The van der Waals surface area contributed by atoms with E-state index in [9.17, 15) is 4.79 Å². The van der Waals surface area contributed by atoms with E-state index in [4.69, 9.17) is 19.6 Å². The fourth-order valence-corrected chi connectivity index (χ4v) is 2.37. The first-order chi connectivity index (χ1) is 10.1. The van der Waals surface area contributed by atoms with E-state index in [-0.39, 0.29) is 18.5 Å². The number of furan rings is 1. The molecule has 1 unspecified atom stereocenters. The number of nitrogens with two attached hydrogens (primary N) is 1. The number of rotatable bonds is 3. The van der Waals surface area contributed by atoms with Gasteiger partial charge in [0.15, 0.2) is 0 Å². The van der Waals surface area contributed by atoms with E-state index in [1.165, 1.54) is 0 Å². The Balaban J connectivity index is 1.63. The summed E-state index contributed by atoms with van der Waals surface area (Å²) < 4.78 is 16.3. The monoisotopic (exact) mass is 290 g/mol. The molecule has 2 aromatic rings. The lowest BCUT2D eigenvalue weighted by Crippen LogP contribution is -2.42. The van der Waals surface area contributed by atoms with E-state index in [0.29, 0.717) is 17.9 Å². The number of fused-ring (bicyclic) bond motifs is 1. The number of anilines is 1. The summed E-state index contributed by atoms with van der Waals surface area (Å²) >= 11 is 0. The second-order valence-electron chi connectivity index (χ2n) is 5.26. The molecule has 1 saturated heterocycles. The Bertz CT molecular complexity index is 652. The van der Waals surface area contributed by atoms with Gasteiger partial charge in [0.25, 0.3) is 0 Å². The fourth-order valence-electron chi connectivity index (χ4n) is 2.37. The maximum Gasteiger partial charge on any atom is 0.374 e. The molecule has 2 heterocycles. The maximum atomic E-state index is 12.0. The van der Waals surface area contributed by atoms with Gasteiger partial charge in [-0.3, -0.25) is 0 Å². The van der Waals surface area contributed by atoms with Crippen molar-refractivity contribution in [1.29, 1.82) is 0 Å². The molecule has 6 heteroatoms. The van der Waals surface area contributed by atoms with Gasteiger partial charge in [0.2, 0.25) is 5.76 Å². The van der Waals surface area contributed by atoms with Crippen molar-refractivity contribution in [2.45, 2.75) is 6.10 Å². The molecule has 21 heavy (non-hydrogen) atoms. The van der Waals surface area contributed by atoms with Crippen LogP contribution in [-0.2, 0) is 9.47 Å². The van der Waals surface area contributed by atoms with Crippen molar-refractivity contribution < 1.29 is 18.7 Å². The molecule has 1 atom stereocenters. The van der Waals surface area contributed by atoms with E-state index in [1.54, 1.807) is 24.3 Å². The van der Waals surface area contributed by atoms with Crippen molar-refractivity contribution in [3.63, 3.8) is 0 Å². The molecule has 2 N–H and O–H groups in total. The number of hydrogen-bond donors (Lipinski definition) is 1. The Morgan fingerprint density at radius 3 is 3.14 bits per heavy atom. The second-order valence-corrected chi connectivity index (χ2v) is 5.26. The van der Waals surface area contributed by atoms with Gasteiger partial charge in [-0.2, -0.15) is 0 Å². The maximum absolute atomic E-state index is 12.0. The summed E-state index contributed by atoms with van der Waals surface area (Å²) in [7, 11) is 2.01. The van der Waals surface area contributed by atoms with Crippen LogP contribution in [-0.4, -0.2) is 50.3 Å². The van der Waals surface area contributed by atoms with Gasteiger partial charge in [-0.05, 0) is 31.3 Å². The molecule has 1 aromatic carbocycles. The normalized spacial score (nSPS) is 19.8. The van der Waals surface area contributed by atoms with Gasteiger partial charge < -0.3 is 24.5 Å². The number of likely N-dealkylation sites (N-methyl/N-ethyl adjacent to an activating group) is 1. The Morgan fingerprint density at radius 2 is 2.33 bits per heavy atom. The van der Waals surface area contributed by atoms with Crippen LogP contribution in [0.3, 0.4) is 0 Å². The van der Waals surface area contributed by atoms with Crippen LogP contribution in [0.25, 0.3) is 11.0 Å². The second kappa shape index (κ2) is 5.75. The molecule has 6 nitrogen and oxygen atoms in total. The Kier molecular flexibility index (Phi) is 3.81. The lowest BCUT2D eigenvalue weighted by molar-refractivity contribution is -0.0534. The molecule has 1 fully saturated rings. The van der Waals surface area contributed by atoms with Crippen LogP contribution < -0.4 is 5.73 Å². The SMILES string of the molecule is CN1CCOC(COC(=O)c2cc3cc(N)ccc3o2)C1. The molecule has 1 aliphatic heterocycles. The first-order valence-electron chi connectivity index (χ1n) is 6.88. The van der Waals surface area contributed by atoms with Crippen molar-refractivity contribution >= 4 is 22.6 Å². The first kappa shape index (κ1) is 13.9. The smallest absolute Gasteiger partial charge is 0.374 e. The molecule has 1 aliphatic rings. The minimum absolute atomic E-state index is 0.0901.